The number of hydrogen-bond donors (Lipinski definition) is 2. The first kappa shape index (κ1) is 4.77. The Morgan fingerprint density at radius 2 is 2.12 bits per heavy atom. The average Bonchev–Trinajstić information content (AvgIpc) is 1.78. The summed E-state index contributed by atoms with van der Waals surface area (Å²) in [5, 5.41) is 1.58. The molecule has 2 heteroatoms. The van der Waals surface area contributed by atoms with Crippen molar-refractivity contribution in [2.75, 3.05) is 13.1 Å². The smallest absolute Gasteiger partial charge is 0.122 e. The molecule has 1 fully saturated rings. The lowest BCUT2D eigenvalue weighted by atomic mass is 9.92. The summed E-state index contributed by atoms with van der Waals surface area (Å²) in [5.41, 5.74) is 5.83. The Morgan fingerprint density at radius 3 is 2.50 bits per heavy atom. The highest BCUT2D eigenvalue weighted by atomic mass is 14.9. The zero-order valence-electron chi connectivity index (χ0n) is 6.35. The Hall–Kier alpha value is -0.0800. The third kappa shape index (κ3) is 1.46. The summed E-state index contributed by atoms with van der Waals surface area (Å²) in [6.45, 7) is 3.71. The van der Waals surface area contributed by atoms with Gasteiger partial charge in [0.15, 0.2) is 0 Å². The second-order valence-electron chi connectivity index (χ2n) is 2.82. The van der Waals surface area contributed by atoms with Crippen LogP contribution in [0.3, 0.4) is 0 Å². The molecule has 0 amide bonds. The Kier molecular flexibility index (Phi) is 1.21. The van der Waals surface area contributed by atoms with E-state index in [9.17, 15) is 0 Å². The number of hydrogen-bond acceptors (Lipinski definition) is 2. The number of nitrogens with one attached hydrogen (secondary N) is 1. The molecule has 0 bridgehead atoms. The van der Waals surface area contributed by atoms with E-state index < -0.39 is 0 Å². The summed E-state index contributed by atoms with van der Waals surface area (Å²) in [7, 11) is 0. The molecule has 2 nitrogen and oxygen atoms in total. The van der Waals surface area contributed by atoms with Crippen LogP contribution in [0.2, 0.25) is 1.41 Å². The van der Waals surface area contributed by atoms with Crippen LogP contribution in [0.4, 0.5) is 0 Å². The quantitative estimate of drug-likeness (QED) is 0.469. The van der Waals surface area contributed by atoms with Crippen LogP contribution in [0.25, 0.3) is 0 Å². The molecule has 1 aliphatic rings. The monoisotopic (exact) mass is 115 g/mol. The van der Waals surface area contributed by atoms with E-state index in [1.54, 1.807) is 5.31 Å². The van der Waals surface area contributed by atoms with Gasteiger partial charge in [0.05, 0.1) is 0 Å². The van der Waals surface area contributed by atoms with Crippen LogP contribution >= 0.6 is 0 Å². The SMILES string of the molecule is [2H]N1CCC(C)(N)CC1. The molecular weight excluding hydrogens is 100 g/mol. The van der Waals surface area contributed by atoms with E-state index in [1.807, 2.05) is 0 Å². The predicted molar refractivity (Wildman–Crippen MR) is 34.7 cm³/mol. The van der Waals surface area contributed by atoms with Crippen LogP contribution in [-0.2, 0) is 0 Å². The molecule has 0 aromatic heterocycles. The molecule has 0 spiro atoms. The van der Waals surface area contributed by atoms with Crippen LogP contribution in [0.5, 0.6) is 0 Å². The lowest BCUT2D eigenvalue weighted by Gasteiger charge is -2.29. The van der Waals surface area contributed by atoms with Gasteiger partial charge in [-0.1, -0.05) is 0 Å². The molecule has 0 aromatic carbocycles. The van der Waals surface area contributed by atoms with E-state index >= 15 is 0 Å². The highest BCUT2D eigenvalue weighted by Crippen LogP contribution is 2.11. The fourth-order valence-electron chi connectivity index (χ4n) is 0.906. The Morgan fingerprint density at radius 1 is 1.62 bits per heavy atom. The number of nitrogens with two attached hydrogens (primary N) is 1. The lowest BCUT2D eigenvalue weighted by Crippen LogP contribution is -2.46. The van der Waals surface area contributed by atoms with Crippen LogP contribution in [0.1, 0.15) is 19.8 Å². The van der Waals surface area contributed by atoms with Gasteiger partial charge in [-0.3, -0.25) is 0 Å². The molecule has 0 aliphatic carbocycles. The first-order valence-electron chi connectivity index (χ1n) is 3.58. The average molecular weight is 115 g/mol. The zero-order chi connectivity index (χ0) is 6.91. The van der Waals surface area contributed by atoms with Crippen LogP contribution in [0, 0.1) is 0 Å². The van der Waals surface area contributed by atoms with Crippen molar-refractivity contribution >= 4 is 0 Å². The van der Waals surface area contributed by atoms with Crippen LogP contribution < -0.4 is 11.0 Å². The molecule has 3 N–H and O–H groups in total. The maximum Gasteiger partial charge on any atom is 0.122 e. The van der Waals surface area contributed by atoms with Crippen LogP contribution in [0.15, 0.2) is 0 Å². The first-order chi connectivity index (χ1) is 4.10. The molecule has 1 saturated heterocycles. The first-order valence-corrected chi connectivity index (χ1v) is 3.13. The fraction of sp³-hybridized carbons (Fsp3) is 1.00. The van der Waals surface area contributed by atoms with Crippen molar-refractivity contribution in [3.63, 3.8) is 0 Å². The summed E-state index contributed by atoms with van der Waals surface area (Å²) < 4.78 is 7.23. The molecule has 0 unspecified atom stereocenters. The number of rotatable bonds is 0. The summed E-state index contributed by atoms with van der Waals surface area (Å²) >= 11 is 0. The normalized spacial score (nSPS) is 32.0. The Bertz CT molecular complexity index is 93.2. The van der Waals surface area contributed by atoms with E-state index in [0.29, 0.717) is 0 Å². The van der Waals surface area contributed by atoms with Gasteiger partial charge < -0.3 is 11.0 Å². The van der Waals surface area contributed by atoms with Gasteiger partial charge in [-0.2, -0.15) is 0 Å². The van der Waals surface area contributed by atoms with Crippen molar-refractivity contribution < 1.29 is 1.41 Å². The van der Waals surface area contributed by atoms with Crippen molar-refractivity contribution in [3.05, 3.63) is 0 Å². The molecule has 1 heterocycles. The van der Waals surface area contributed by atoms with Crippen molar-refractivity contribution in [2.24, 2.45) is 5.73 Å². The molecule has 0 aromatic rings. The van der Waals surface area contributed by atoms with Gasteiger partial charge in [0.2, 0.25) is 0 Å². The van der Waals surface area contributed by atoms with Crippen LogP contribution in [-0.4, -0.2) is 18.6 Å². The minimum atomic E-state index is -0.00243. The van der Waals surface area contributed by atoms with E-state index in [-0.39, 0.29) is 5.54 Å². The second kappa shape index (κ2) is 2.03. The molecule has 48 valence electrons. The lowest BCUT2D eigenvalue weighted by molar-refractivity contribution is 0.337. The largest absolute Gasteiger partial charge is 0.325 e. The molecule has 8 heavy (non-hydrogen) atoms. The van der Waals surface area contributed by atoms with Gasteiger partial charge in [-0.15, -0.1) is 0 Å². The van der Waals surface area contributed by atoms with Gasteiger partial charge in [0.1, 0.15) is 1.41 Å². The Balaban J connectivity index is 2.35. The Labute approximate surface area is 51.9 Å². The summed E-state index contributed by atoms with van der Waals surface area (Å²) in [5.74, 6) is 0. The maximum absolute atomic E-state index is 7.23. The summed E-state index contributed by atoms with van der Waals surface area (Å²) in [6, 6.07) is 0. The summed E-state index contributed by atoms with van der Waals surface area (Å²) in [6.07, 6.45) is 1.91. The predicted octanol–water partition coefficient (Wildman–Crippen LogP) is 0.0872. The number of piperidine rings is 1. The minimum Gasteiger partial charge on any atom is -0.325 e. The molecule has 1 aliphatic heterocycles. The molecule has 1 rings (SSSR count). The highest BCUT2D eigenvalue weighted by Gasteiger charge is 2.20. The molecule has 0 atom stereocenters. The van der Waals surface area contributed by atoms with Gasteiger partial charge in [-0.05, 0) is 32.9 Å². The summed E-state index contributed by atoms with van der Waals surface area (Å²) in [4.78, 5) is 0. The highest BCUT2D eigenvalue weighted by molar-refractivity contribution is 4.83. The van der Waals surface area contributed by atoms with Crippen molar-refractivity contribution in [3.8, 4) is 0 Å². The van der Waals surface area contributed by atoms with Gasteiger partial charge >= 0.3 is 0 Å². The third-order valence-corrected chi connectivity index (χ3v) is 1.68. The molecule has 0 saturated carbocycles. The van der Waals surface area contributed by atoms with Crippen molar-refractivity contribution in [1.29, 1.82) is 0 Å². The second-order valence-corrected chi connectivity index (χ2v) is 2.82. The minimum absolute atomic E-state index is 0.00243. The van der Waals surface area contributed by atoms with Gasteiger partial charge in [0, 0.05) is 5.54 Å². The van der Waals surface area contributed by atoms with Gasteiger partial charge in [0.25, 0.3) is 0 Å². The van der Waals surface area contributed by atoms with Crippen molar-refractivity contribution in [2.45, 2.75) is 25.3 Å². The van der Waals surface area contributed by atoms with E-state index in [4.69, 9.17) is 7.15 Å². The van der Waals surface area contributed by atoms with Gasteiger partial charge in [-0.25, -0.2) is 0 Å². The molecule has 0 radical (unpaired) electrons. The third-order valence-electron chi connectivity index (χ3n) is 1.68. The van der Waals surface area contributed by atoms with E-state index in [2.05, 4.69) is 6.92 Å². The van der Waals surface area contributed by atoms with E-state index in [0.717, 1.165) is 25.9 Å². The fourth-order valence-corrected chi connectivity index (χ4v) is 0.906. The zero-order valence-corrected chi connectivity index (χ0v) is 5.35. The van der Waals surface area contributed by atoms with E-state index in [1.165, 1.54) is 0 Å². The van der Waals surface area contributed by atoms with Crippen molar-refractivity contribution in [1.82, 2.24) is 5.31 Å². The standard InChI is InChI=1S/C6H14N2/c1-6(7)2-4-8-5-3-6/h8H,2-5,7H2,1H3/i/hD. The maximum atomic E-state index is 7.23. The topological polar surface area (TPSA) is 38.0 Å². The molecular formula is C6H14N2.